The minimum atomic E-state index is -0.444. The highest BCUT2D eigenvalue weighted by Gasteiger charge is 2.29. The van der Waals surface area contributed by atoms with Gasteiger partial charge in [-0.1, -0.05) is 6.07 Å². The lowest BCUT2D eigenvalue weighted by Gasteiger charge is -2.24. The van der Waals surface area contributed by atoms with Crippen LogP contribution in [0.3, 0.4) is 0 Å². The first-order chi connectivity index (χ1) is 10.7. The quantitative estimate of drug-likeness (QED) is 0.926. The first-order valence-electron chi connectivity index (χ1n) is 8.18. The number of hydrogen-bond donors (Lipinski definition) is 1. The molecule has 0 saturated carbocycles. The fourth-order valence-corrected chi connectivity index (χ4v) is 2.79. The van der Waals surface area contributed by atoms with Crippen LogP contribution in [0.4, 0.5) is 16.2 Å². The normalized spacial score (nSPS) is 18.0. The summed E-state index contributed by atoms with van der Waals surface area (Å²) >= 11 is 0. The SMILES string of the molecule is Cc1ccc(NC2CCN(C(=O)OC(C)(C)C)C2)cc1N(C)C. The van der Waals surface area contributed by atoms with Gasteiger partial charge in [0, 0.05) is 44.6 Å². The van der Waals surface area contributed by atoms with E-state index in [1.165, 1.54) is 11.3 Å². The van der Waals surface area contributed by atoms with Crippen molar-refractivity contribution in [1.82, 2.24) is 4.90 Å². The second kappa shape index (κ2) is 6.69. The maximum atomic E-state index is 12.1. The molecule has 5 nitrogen and oxygen atoms in total. The van der Waals surface area contributed by atoms with Crippen molar-refractivity contribution in [3.05, 3.63) is 23.8 Å². The summed E-state index contributed by atoms with van der Waals surface area (Å²) in [7, 11) is 4.10. The topological polar surface area (TPSA) is 44.8 Å². The van der Waals surface area contributed by atoms with E-state index in [-0.39, 0.29) is 12.1 Å². The number of anilines is 2. The summed E-state index contributed by atoms with van der Waals surface area (Å²) in [6.45, 7) is 9.21. The molecular formula is C18H29N3O2. The molecule has 1 N–H and O–H groups in total. The van der Waals surface area contributed by atoms with Crippen molar-refractivity contribution in [1.29, 1.82) is 0 Å². The predicted octanol–water partition coefficient (Wildman–Crippen LogP) is 3.48. The Morgan fingerprint density at radius 2 is 2.04 bits per heavy atom. The number of likely N-dealkylation sites (tertiary alicyclic amines) is 1. The molecule has 0 bridgehead atoms. The van der Waals surface area contributed by atoms with Gasteiger partial charge in [-0.3, -0.25) is 0 Å². The summed E-state index contributed by atoms with van der Waals surface area (Å²) in [5, 5.41) is 3.53. The van der Waals surface area contributed by atoms with E-state index in [4.69, 9.17) is 4.74 Å². The van der Waals surface area contributed by atoms with Gasteiger partial charge in [-0.15, -0.1) is 0 Å². The standard InChI is InChI=1S/C18H29N3O2/c1-13-7-8-14(11-16(13)20(5)6)19-15-9-10-21(12-15)17(22)23-18(2,3)4/h7-8,11,15,19H,9-10,12H2,1-6H3. The van der Waals surface area contributed by atoms with E-state index in [1.54, 1.807) is 4.90 Å². The van der Waals surface area contributed by atoms with Gasteiger partial charge in [0.2, 0.25) is 0 Å². The van der Waals surface area contributed by atoms with Gasteiger partial charge in [0.1, 0.15) is 5.60 Å². The number of carbonyl (C=O) groups is 1. The van der Waals surface area contributed by atoms with Crippen molar-refractivity contribution in [2.24, 2.45) is 0 Å². The van der Waals surface area contributed by atoms with Gasteiger partial charge in [0.25, 0.3) is 0 Å². The van der Waals surface area contributed by atoms with Gasteiger partial charge in [0.05, 0.1) is 0 Å². The third-order valence-corrected chi connectivity index (χ3v) is 3.90. The second-order valence-corrected chi connectivity index (χ2v) is 7.45. The van der Waals surface area contributed by atoms with Gasteiger partial charge < -0.3 is 19.9 Å². The minimum Gasteiger partial charge on any atom is -0.444 e. The first kappa shape index (κ1) is 17.4. The summed E-state index contributed by atoms with van der Waals surface area (Å²) < 4.78 is 5.44. The number of carbonyl (C=O) groups excluding carboxylic acids is 1. The highest BCUT2D eigenvalue weighted by atomic mass is 16.6. The van der Waals surface area contributed by atoms with E-state index < -0.39 is 5.60 Å². The number of nitrogens with one attached hydrogen (secondary N) is 1. The minimum absolute atomic E-state index is 0.223. The average Bonchev–Trinajstić information content (AvgIpc) is 2.87. The molecule has 1 unspecified atom stereocenters. The van der Waals surface area contributed by atoms with Crippen LogP contribution in [0.25, 0.3) is 0 Å². The Morgan fingerprint density at radius 1 is 1.35 bits per heavy atom. The van der Waals surface area contributed by atoms with Crippen LogP contribution in [-0.4, -0.2) is 49.8 Å². The van der Waals surface area contributed by atoms with Crippen molar-refractivity contribution in [2.45, 2.75) is 45.8 Å². The van der Waals surface area contributed by atoms with Crippen LogP contribution in [0, 0.1) is 6.92 Å². The third-order valence-electron chi connectivity index (χ3n) is 3.90. The molecule has 1 amide bonds. The molecule has 1 atom stereocenters. The zero-order chi connectivity index (χ0) is 17.2. The number of rotatable bonds is 3. The molecule has 1 aliphatic rings. The molecule has 0 spiro atoms. The Morgan fingerprint density at radius 3 is 2.65 bits per heavy atom. The lowest BCUT2D eigenvalue weighted by Crippen LogP contribution is -2.36. The molecule has 1 aromatic rings. The molecule has 1 heterocycles. The average molecular weight is 319 g/mol. The lowest BCUT2D eigenvalue weighted by molar-refractivity contribution is 0.0293. The second-order valence-electron chi connectivity index (χ2n) is 7.45. The smallest absolute Gasteiger partial charge is 0.410 e. The van der Waals surface area contributed by atoms with Crippen LogP contribution in [0.1, 0.15) is 32.8 Å². The molecule has 128 valence electrons. The highest BCUT2D eigenvalue weighted by Crippen LogP contribution is 2.25. The fraction of sp³-hybridized carbons (Fsp3) is 0.611. The summed E-state index contributed by atoms with van der Waals surface area (Å²) in [6.07, 6.45) is 0.712. The van der Waals surface area contributed by atoms with Crippen molar-refractivity contribution in [3.8, 4) is 0 Å². The van der Waals surface area contributed by atoms with Crippen molar-refractivity contribution >= 4 is 17.5 Å². The number of amides is 1. The van der Waals surface area contributed by atoms with E-state index in [0.29, 0.717) is 6.54 Å². The molecule has 5 heteroatoms. The first-order valence-corrected chi connectivity index (χ1v) is 8.18. The van der Waals surface area contributed by atoms with Crippen LogP contribution in [0.2, 0.25) is 0 Å². The molecule has 23 heavy (non-hydrogen) atoms. The molecule has 0 radical (unpaired) electrons. The molecule has 2 rings (SSSR count). The predicted molar refractivity (Wildman–Crippen MR) is 95.3 cm³/mol. The molecule has 0 aromatic heterocycles. The highest BCUT2D eigenvalue weighted by molar-refractivity contribution is 5.69. The van der Waals surface area contributed by atoms with Crippen LogP contribution >= 0.6 is 0 Å². The number of benzene rings is 1. The summed E-state index contributed by atoms with van der Waals surface area (Å²) in [4.78, 5) is 16.0. The monoisotopic (exact) mass is 319 g/mol. The van der Waals surface area contributed by atoms with E-state index in [2.05, 4.69) is 35.3 Å². The number of nitrogens with zero attached hydrogens (tertiary/aromatic N) is 2. The fourth-order valence-electron chi connectivity index (χ4n) is 2.79. The van der Waals surface area contributed by atoms with E-state index >= 15 is 0 Å². The van der Waals surface area contributed by atoms with Gasteiger partial charge in [-0.2, -0.15) is 0 Å². The zero-order valence-corrected chi connectivity index (χ0v) is 15.1. The Balaban J connectivity index is 1.96. The van der Waals surface area contributed by atoms with E-state index in [9.17, 15) is 4.79 Å². The molecule has 1 fully saturated rings. The summed E-state index contributed by atoms with van der Waals surface area (Å²) in [6, 6.07) is 6.64. The zero-order valence-electron chi connectivity index (χ0n) is 15.1. The van der Waals surface area contributed by atoms with Crippen molar-refractivity contribution in [2.75, 3.05) is 37.4 Å². The summed E-state index contributed by atoms with van der Waals surface area (Å²) in [5.74, 6) is 0. The number of hydrogen-bond acceptors (Lipinski definition) is 4. The molecule has 1 saturated heterocycles. The Kier molecular flexibility index (Phi) is 5.07. The Labute approximate surface area is 139 Å². The van der Waals surface area contributed by atoms with Crippen LogP contribution in [-0.2, 0) is 4.74 Å². The van der Waals surface area contributed by atoms with Gasteiger partial charge in [0.15, 0.2) is 0 Å². The lowest BCUT2D eigenvalue weighted by atomic mass is 10.1. The Bertz CT molecular complexity index is 564. The molecule has 1 aromatic carbocycles. The maximum Gasteiger partial charge on any atom is 0.410 e. The van der Waals surface area contributed by atoms with Crippen LogP contribution in [0.5, 0.6) is 0 Å². The van der Waals surface area contributed by atoms with Gasteiger partial charge in [-0.05, 0) is 51.8 Å². The van der Waals surface area contributed by atoms with E-state index in [0.717, 1.165) is 18.7 Å². The number of ether oxygens (including phenoxy) is 1. The molecular weight excluding hydrogens is 290 g/mol. The largest absolute Gasteiger partial charge is 0.444 e. The van der Waals surface area contributed by atoms with Crippen LogP contribution in [0.15, 0.2) is 18.2 Å². The van der Waals surface area contributed by atoms with Gasteiger partial charge >= 0.3 is 6.09 Å². The summed E-state index contributed by atoms with van der Waals surface area (Å²) in [5.41, 5.74) is 3.11. The van der Waals surface area contributed by atoms with Crippen molar-refractivity contribution in [3.63, 3.8) is 0 Å². The van der Waals surface area contributed by atoms with Crippen molar-refractivity contribution < 1.29 is 9.53 Å². The maximum absolute atomic E-state index is 12.1. The molecule has 1 aliphatic heterocycles. The number of aryl methyl sites for hydroxylation is 1. The van der Waals surface area contributed by atoms with Crippen LogP contribution < -0.4 is 10.2 Å². The van der Waals surface area contributed by atoms with Gasteiger partial charge in [-0.25, -0.2) is 4.79 Å². The van der Waals surface area contributed by atoms with E-state index in [1.807, 2.05) is 34.9 Å². The molecule has 0 aliphatic carbocycles. The third kappa shape index (κ3) is 4.78. The Hall–Kier alpha value is -1.91.